The third kappa shape index (κ3) is 3.13. The number of carbonyl (C=O) groups is 1. The summed E-state index contributed by atoms with van der Waals surface area (Å²) in [5, 5.41) is 3.24. The van der Waals surface area contributed by atoms with Crippen molar-refractivity contribution in [3.05, 3.63) is 0 Å². The second-order valence-electron chi connectivity index (χ2n) is 7.35. The number of hydrogen-bond acceptors (Lipinski definition) is 2. The molecule has 0 saturated heterocycles. The van der Waals surface area contributed by atoms with Gasteiger partial charge in [0.15, 0.2) is 0 Å². The predicted octanol–water partition coefficient (Wildman–Crippen LogP) is 2.84. The Kier molecular flexibility index (Phi) is 4.24. The van der Waals surface area contributed by atoms with Gasteiger partial charge in [0.2, 0.25) is 5.91 Å². The van der Waals surface area contributed by atoms with Crippen LogP contribution in [-0.4, -0.2) is 18.5 Å². The summed E-state index contributed by atoms with van der Waals surface area (Å²) < 4.78 is 0. The Balaban J connectivity index is 1.79. The van der Waals surface area contributed by atoms with Crippen LogP contribution in [0.4, 0.5) is 0 Å². The maximum atomic E-state index is 12.2. The van der Waals surface area contributed by atoms with Crippen molar-refractivity contribution in [2.24, 2.45) is 22.5 Å². The summed E-state index contributed by atoms with van der Waals surface area (Å²) in [6.45, 7) is 7.55. The Morgan fingerprint density at radius 1 is 1.26 bits per heavy atom. The first-order valence-electron chi connectivity index (χ1n) is 7.94. The van der Waals surface area contributed by atoms with Gasteiger partial charge in [-0.1, -0.05) is 27.2 Å². The lowest BCUT2D eigenvalue weighted by atomic mass is 9.69. The normalized spacial score (nSPS) is 29.9. The Labute approximate surface area is 117 Å². The first-order valence-corrected chi connectivity index (χ1v) is 7.94. The van der Waals surface area contributed by atoms with Gasteiger partial charge in [0.1, 0.15) is 0 Å². The fraction of sp³-hybridized carbons (Fsp3) is 0.938. The van der Waals surface area contributed by atoms with Crippen molar-refractivity contribution in [1.29, 1.82) is 0 Å². The lowest BCUT2D eigenvalue weighted by Crippen LogP contribution is -2.44. The molecule has 3 N–H and O–H groups in total. The number of rotatable bonds is 5. The van der Waals surface area contributed by atoms with Crippen LogP contribution in [0.3, 0.4) is 0 Å². The van der Waals surface area contributed by atoms with E-state index in [1.165, 1.54) is 19.3 Å². The second kappa shape index (κ2) is 5.43. The van der Waals surface area contributed by atoms with E-state index in [1.54, 1.807) is 0 Å². The summed E-state index contributed by atoms with van der Waals surface area (Å²) in [6, 6.07) is 0.389. The van der Waals surface area contributed by atoms with E-state index in [0.717, 1.165) is 31.6 Å². The van der Waals surface area contributed by atoms with Crippen LogP contribution < -0.4 is 11.1 Å². The summed E-state index contributed by atoms with van der Waals surface area (Å²) >= 11 is 0. The standard InChI is InChI=1S/C16H30N2O/c1-4-15(2,3)12-5-7-13(8-6-12)18-14(19)16(11-17)9-10-16/h12-13H,4-11,17H2,1-3H3,(H,18,19). The molecule has 0 aromatic heterocycles. The van der Waals surface area contributed by atoms with E-state index >= 15 is 0 Å². The highest BCUT2D eigenvalue weighted by molar-refractivity contribution is 5.85. The number of nitrogens with two attached hydrogens (primary N) is 1. The van der Waals surface area contributed by atoms with Crippen molar-refractivity contribution >= 4 is 5.91 Å². The molecule has 110 valence electrons. The number of nitrogens with one attached hydrogen (secondary N) is 1. The van der Waals surface area contributed by atoms with Gasteiger partial charge in [-0.15, -0.1) is 0 Å². The van der Waals surface area contributed by atoms with Crippen LogP contribution in [0.1, 0.15) is 65.7 Å². The molecule has 0 spiro atoms. The second-order valence-corrected chi connectivity index (χ2v) is 7.35. The molecule has 0 aliphatic heterocycles. The fourth-order valence-corrected chi connectivity index (χ4v) is 3.32. The van der Waals surface area contributed by atoms with Gasteiger partial charge in [-0.05, 0) is 49.9 Å². The molecule has 3 heteroatoms. The van der Waals surface area contributed by atoms with Gasteiger partial charge in [0.25, 0.3) is 0 Å². The van der Waals surface area contributed by atoms with Crippen LogP contribution in [0, 0.1) is 16.7 Å². The van der Waals surface area contributed by atoms with Gasteiger partial charge in [-0.25, -0.2) is 0 Å². The zero-order valence-corrected chi connectivity index (χ0v) is 12.8. The number of carbonyl (C=O) groups excluding carboxylic acids is 1. The summed E-state index contributed by atoms with van der Waals surface area (Å²) in [5.41, 5.74) is 5.96. The maximum Gasteiger partial charge on any atom is 0.227 e. The Hall–Kier alpha value is -0.570. The summed E-state index contributed by atoms with van der Waals surface area (Å²) in [4.78, 5) is 12.2. The first kappa shape index (κ1) is 14.8. The van der Waals surface area contributed by atoms with Gasteiger partial charge in [0.05, 0.1) is 5.41 Å². The predicted molar refractivity (Wildman–Crippen MR) is 78.7 cm³/mol. The van der Waals surface area contributed by atoms with Crippen molar-refractivity contribution in [2.45, 2.75) is 71.8 Å². The van der Waals surface area contributed by atoms with Crippen LogP contribution in [0.15, 0.2) is 0 Å². The molecule has 0 bridgehead atoms. The molecule has 2 aliphatic rings. The summed E-state index contributed by atoms with van der Waals surface area (Å²) in [5.74, 6) is 1.03. The molecular weight excluding hydrogens is 236 g/mol. The molecule has 2 saturated carbocycles. The Morgan fingerprint density at radius 2 is 1.84 bits per heavy atom. The minimum atomic E-state index is -0.195. The molecule has 1 amide bonds. The minimum absolute atomic E-state index is 0.195. The van der Waals surface area contributed by atoms with Crippen molar-refractivity contribution in [2.75, 3.05) is 6.54 Å². The molecule has 0 aromatic carbocycles. The highest BCUT2D eigenvalue weighted by atomic mass is 16.2. The van der Waals surface area contributed by atoms with E-state index in [0.29, 0.717) is 18.0 Å². The molecule has 2 rings (SSSR count). The van der Waals surface area contributed by atoms with Crippen molar-refractivity contribution < 1.29 is 4.79 Å². The number of hydrogen-bond donors (Lipinski definition) is 2. The van der Waals surface area contributed by atoms with E-state index < -0.39 is 0 Å². The topological polar surface area (TPSA) is 55.1 Å². The van der Waals surface area contributed by atoms with Crippen molar-refractivity contribution in [1.82, 2.24) is 5.32 Å². The lowest BCUT2D eigenvalue weighted by Gasteiger charge is -2.39. The highest BCUT2D eigenvalue weighted by Gasteiger charge is 2.49. The van der Waals surface area contributed by atoms with Gasteiger partial charge < -0.3 is 11.1 Å². The molecule has 2 aliphatic carbocycles. The quantitative estimate of drug-likeness (QED) is 0.804. The molecule has 3 nitrogen and oxygen atoms in total. The summed E-state index contributed by atoms with van der Waals surface area (Å²) in [7, 11) is 0. The largest absolute Gasteiger partial charge is 0.353 e. The SMILES string of the molecule is CCC(C)(C)C1CCC(NC(=O)C2(CN)CC2)CC1. The third-order valence-corrected chi connectivity index (χ3v) is 5.80. The molecular formula is C16H30N2O. The van der Waals surface area contributed by atoms with Crippen LogP contribution in [-0.2, 0) is 4.79 Å². The van der Waals surface area contributed by atoms with E-state index in [4.69, 9.17) is 5.73 Å². The van der Waals surface area contributed by atoms with Crippen LogP contribution >= 0.6 is 0 Å². The lowest BCUT2D eigenvalue weighted by molar-refractivity contribution is -0.127. The first-order chi connectivity index (χ1) is 8.93. The monoisotopic (exact) mass is 266 g/mol. The van der Waals surface area contributed by atoms with Gasteiger partial charge in [-0.2, -0.15) is 0 Å². The average Bonchev–Trinajstić information content (AvgIpc) is 3.20. The molecule has 0 radical (unpaired) electrons. The highest BCUT2D eigenvalue weighted by Crippen LogP contribution is 2.45. The minimum Gasteiger partial charge on any atom is -0.353 e. The van der Waals surface area contributed by atoms with E-state index in [1.807, 2.05) is 0 Å². The van der Waals surface area contributed by atoms with Crippen LogP contribution in [0.25, 0.3) is 0 Å². The van der Waals surface area contributed by atoms with Crippen LogP contribution in [0.5, 0.6) is 0 Å². The molecule has 2 fully saturated rings. The van der Waals surface area contributed by atoms with E-state index in [2.05, 4.69) is 26.1 Å². The zero-order valence-electron chi connectivity index (χ0n) is 12.8. The maximum absolute atomic E-state index is 12.2. The molecule has 0 aromatic rings. The van der Waals surface area contributed by atoms with Crippen LogP contribution in [0.2, 0.25) is 0 Å². The smallest absolute Gasteiger partial charge is 0.227 e. The van der Waals surface area contributed by atoms with Gasteiger partial charge >= 0.3 is 0 Å². The van der Waals surface area contributed by atoms with E-state index in [9.17, 15) is 4.79 Å². The molecule has 0 atom stereocenters. The van der Waals surface area contributed by atoms with Crippen molar-refractivity contribution in [3.63, 3.8) is 0 Å². The number of amides is 1. The van der Waals surface area contributed by atoms with E-state index in [-0.39, 0.29) is 11.3 Å². The zero-order chi connectivity index (χ0) is 14.1. The Bertz CT molecular complexity index is 326. The third-order valence-electron chi connectivity index (χ3n) is 5.80. The fourth-order valence-electron chi connectivity index (χ4n) is 3.32. The molecule has 0 unspecified atom stereocenters. The average molecular weight is 266 g/mol. The Morgan fingerprint density at radius 3 is 2.26 bits per heavy atom. The molecule has 19 heavy (non-hydrogen) atoms. The molecule has 0 heterocycles. The van der Waals surface area contributed by atoms with Gasteiger partial charge in [-0.3, -0.25) is 4.79 Å². The van der Waals surface area contributed by atoms with Crippen molar-refractivity contribution in [3.8, 4) is 0 Å². The summed E-state index contributed by atoms with van der Waals surface area (Å²) in [6.07, 6.45) is 7.98. The van der Waals surface area contributed by atoms with Gasteiger partial charge in [0, 0.05) is 12.6 Å².